The van der Waals surface area contributed by atoms with Gasteiger partial charge in [-0.05, 0) is 42.3 Å². The van der Waals surface area contributed by atoms with Gasteiger partial charge in [0.2, 0.25) is 5.91 Å². The van der Waals surface area contributed by atoms with Crippen molar-refractivity contribution in [3.63, 3.8) is 0 Å². The van der Waals surface area contributed by atoms with Gasteiger partial charge in [0, 0.05) is 29.6 Å². The lowest BCUT2D eigenvalue weighted by Gasteiger charge is -2.36. The van der Waals surface area contributed by atoms with Crippen molar-refractivity contribution in [3.8, 4) is 5.75 Å². The van der Waals surface area contributed by atoms with Crippen molar-refractivity contribution in [1.29, 1.82) is 0 Å². The minimum absolute atomic E-state index is 0.0439. The maximum atomic E-state index is 12.4. The Balaban J connectivity index is 1.49. The molecule has 0 spiro atoms. The van der Waals surface area contributed by atoms with Gasteiger partial charge in [0.1, 0.15) is 18.0 Å². The molecule has 0 aliphatic carbocycles. The molecule has 30 heavy (non-hydrogen) atoms. The molecule has 1 aromatic carbocycles. The van der Waals surface area contributed by atoms with Crippen LogP contribution in [-0.2, 0) is 25.5 Å². The minimum Gasteiger partial charge on any atom is -0.487 e. The second kappa shape index (κ2) is 8.81. The number of aromatic nitrogens is 1. The number of nitrogens with one attached hydrogen (secondary N) is 1. The van der Waals surface area contributed by atoms with E-state index in [1.807, 2.05) is 12.1 Å². The number of anilines is 1. The predicted octanol–water partition coefficient (Wildman–Crippen LogP) is 1.82. The standard InChI is InChI=1S/C22H24N2O6/c1-28-21(27)11-15-10-17-16-9-14(24-20(26)8-13-4-6-23-7-5-13)2-3-18(16)30-22(17)19(12-25)29-15/h2-7,9,15,17,19,22,25H,8,10-12H2,1H3,(H,24,26)/t15-,17+,19-,22-/m1/s1. The number of carbonyl (C=O) groups is 2. The third-order valence-electron chi connectivity index (χ3n) is 5.52. The summed E-state index contributed by atoms with van der Waals surface area (Å²) in [7, 11) is 1.34. The number of rotatable bonds is 6. The number of hydrogen-bond donors (Lipinski definition) is 2. The Morgan fingerprint density at radius 2 is 2.07 bits per heavy atom. The Morgan fingerprint density at radius 3 is 2.80 bits per heavy atom. The predicted molar refractivity (Wildman–Crippen MR) is 107 cm³/mol. The van der Waals surface area contributed by atoms with Gasteiger partial charge in [-0.25, -0.2) is 0 Å². The Hall–Kier alpha value is -2.97. The van der Waals surface area contributed by atoms with Crippen molar-refractivity contribution in [1.82, 2.24) is 4.98 Å². The average molecular weight is 412 g/mol. The van der Waals surface area contributed by atoms with Crippen LogP contribution >= 0.6 is 0 Å². The highest BCUT2D eigenvalue weighted by molar-refractivity contribution is 5.92. The maximum Gasteiger partial charge on any atom is 0.308 e. The van der Waals surface area contributed by atoms with E-state index in [1.165, 1.54) is 7.11 Å². The fourth-order valence-electron chi connectivity index (χ4n) is 4.13. The van der Waals surface area contributed by atoms with E-state index in [9.17, 15) is 14.7 Å². The molecule has 1 fully saturated rings. The molecule has 158 valence electrons. The van der Waals surface area contributed by atoms with E-state index in [1.54, 1.807) is 30.6 Å². The first-order valence-corrected chi connectivity index (χ1v) is 9.90. The van der Waals surface area contributed by atoms with E-state index in [4.69, 9.17) is 14.2 Å². The molecule has 8 heteroatoms. The van der Waals surface area contributed by atoms with E-state index in [-0.39, 0.29) is 49.5 Å². The van der Waals surface area contributed by atoms with E-state index < -0.39 is 6.10 Å². The molecule has 4 rings (SSSR count). The highest BCUT2D eigenvalue weighted by Gasteiger charge is 2.46. The minimum atomic E-state index is -0.532. The summed E-state index contributed by atoms with van der Waals surface area (Å²) in [6.07, 6.45) is 3.02. The van der Waals surface area contributed by atoms with Crippen LogP contribution in [0.4, 0.5) is 5.69 Å². The molecule has 1 amide bonds. The number of fused-ring (bicyclic) bond motifs is 3. The second-order valence-electron chi connectivity index (χ2n) is 7.52. The van der Waals surface area contributed by atoms with Crippen LogP contribution in [0.1, 0.15) is 29.9 Å². The summed E-state index contributed by atoms with van der Waals surface area (Å²) in [6.45, 7) is -0.206. The molecule has 4 atom stereocenters. The lowest BCUT2D eigenvalue weighted by Crippen LogP contribution is -2.46. The molecular formula is C22H24N2O6. The molecule has 2 aromatic rings. The molecule has 1 aromatic heterocycles. The van der Waals surface area contributed by atoms with E-state index in [2.05, 4.69) is 10.3 Å². The zero-order valence-corrected chi connectivity index (χ0v) is 16.6. The third kappa shape index (κ3) is 4.29. The van der Waals surface area contributed by atoms with Crippen molar-refractivity contribution in [2.45, 2.75) is 43.5 Å². The quantitative estimate of drug-likeness (QED) is 0.697. The first-order chi connectivity index (χ1) is 14.6. The van der Waals surface area contributed by atoms with Gasteiger partial charge in [0.15, 0.2) is 0 Å². The van der Waals surface area contributed by atoms with Gasteiger partial charge >= 0.3 is 5.97 Å². The summed E-state index contributed by atoms with van der Waals surface area (Å²) in [5, 5.41) is 12.7. The SMILES string of the molecule is COC(=O)C[C@H]1C[C@H]2c3cc(NC(=O)Cc4ccncc4)ccc3O[C@H]2[C@@H](CO)O1. The third-order valence-corrected chi connectivity index (χ3v) is 5.52. The molecule has 3 heterocycles. The van der Waals surface area contributed by atoms with Gasteiger partial charge in [-0.3, -0.25) is 14.6 Å². The van der Waals surface area contributed by atoms with Crippen molar-refractivity contribution >= 4 is 17.6 Å². The molecule has 0 bridgehead atoms. The molecule has 2 aliphatic rings. The first-order valence-electron chi connectivity index (χ1n) is 9.90. The summed E-state index contributed by atoms with van der Waals surface area (Å²) in [6, 6.07) is 9.12. The second-order valence-corrected chi connectivity index (χ2v) is 7.52. The van der Waals surface area contributed by atoms with E-state index in [0.717, 1.165) is 11.1 Å². The number of amides is 1. The van der Waals surface area contributed by atoms with Gasteiger partial charge in [0.25, 0.3) is 0 Å². The Morgan fingerprint density at radius 1 is 1.27 bits per heavy atom. The number of esters is 1. The number of hydrogen-bond acceptors (Lipinski definition) is 7. The number of benzene rings is 1. The normalized spacial score (nSPS) is 24.3. The van der Waals surface area contributed by atoms with Crippen molar-refractivity contribution in [2.24, 2.45) is 0 Å². The smallest absolute Gasteiger partial charge is 0.308 e. The van der Waals surface area contributed by atoms with Gasteiger partial charge < -0.3 is 24.6 Å². The topological polar surface area (TPSA) is 107 Å². The number of methoxy groups -OCH3 is 1. The van der Waals surface area contributed by atoms with Crippen LogP contribution in [0, 0.1) is 0 Å². The fraction of sp³-hybridized carbons (Fsp3) is 0.409. The van der Waals surface area contributed by atoms with Crippen LogP contribution in [0.25, 0.3) is 0 Å². The Bertz CT molecular complexity index is 919. The lowest BCUT2D eigenvalue weighted by atomic mass is 9.84. The molecule has 0 unspecified atom stereocenters. The molecule has 0 radical (unpaired) electrons. The van der Waals surface area contributed by atoms with Crippen LogP contribution in [0.3, 0.4) is 0 Å². The maximum absolute atomic E-state index is 12.4. The summed E-state index contributed by atoms with van der Waals surface area (Å²) in [5.41, 5.74) is 2.50. The van der Waals surface area contributed by atoms with Gasteiger partial charge in [0.05, 0.1) is 32.7 Å². The molecule has 0 saturated carbocycles. The Kier molecular flexibility index (Phi) is 5.96. The number of carbonyl (C=O) groups excluding carboxylic acids is 2. The van der Waals surface area contributed by atoms with E-state index in [0.29, 0.717) is 17.9 Å². The van der Waals surface area contributed by atoms with E-state index >= 15 is 0 Å². The van der Waals surface area contributed by atoms with Crippen LogP contribution in [0.2, 0.25) is 0 Å². The summed E-state index contributed by atoms with van der Waals surface area (Å²) < 4.78 is 16.6. The molecule has 1 saturated heterocycles. The summed E-state index contributed by atoms with van der Waals surface area (Å²) >= 11 is 0. The monoisotopic (exact) mass is 412 g/mol. The van der Waals surface area contributed by atoms with Crippen molar-refractivity contribution < 1.29 is 28.9 Å². The zero-order chi connectivity index (χ0) is 21.1. The lowest BCUT2D eigenvalue weighted by molar-refractivity contribution is -0.156. The van der Waals surface area contributed by atoms with Gasteiger partial charge in [-0.1, -0.05) is 0 Å². The summed E-state index contributed by atoms with van der Waals surface area (Å²) in [4.78, 5) is 28.0. The van der Waals surface area contributed by atoms with Crippen LogP contribution in [0.15, 0.2) is 42.7 Å². The fourth-order valence-corrected chi connectivity index (χ4v) is 4.13. The van der Waals surface area contributed by atoms with Gasteiger partial charge in [-0.2, -0.15) is 0 Å². The molecule has 2 aliphatic heterocycles. The van der Waals surface area contributed by atoms with Crippen LogP contribution < -0.4 is 10.1 Å². The molecular weight excluding hydrogens is 388 g/mol. The molecule has 8 nitrogen and oxygen atoms in total. The van der Waals surface area contributed by atoms with Crippen LogP contribution in [0.5, 0.6) is 5.75 Å². The average Bonchev–Trinajstić information content (AvgIpc) is 3.11. The van der Waals surface area contributed by atoms with Crippen LogP contribution in [-0.4, -0.2) is 54.0 Å². The molecule has 2 N–H and O–H groups in total. The highest BCUT2D eigenvalue weighted by Crippen LogP contribution is 2.47. The van der Waals surface area contributed by atoms with Gasteiger partial charge in [-0.15, -0.1) is 0 Å². The zero-order valence-electron chi connectivity index (χ0n) is 16.6. The summed E-state index contributed by atoms with van der Waals surface area (Å²) in [5.74, 6) is 0.183. The van der Waals surface area contributed by atoms with Crippen molar-refractivity contribution in [2.75, 3.05) is 19.0 Å². The Labute approximate surface area is 174 Å². The number of aliphatic hydroxyl groups excluding tert-OH is 1. The number of pyridine rings is 1. The highest BCUT2D eigenvalue weighted by atomic mass is 16.6. The first kappa shape index (κ1) is 20.3. The largest absolute Gasteiger partial charge is 0.487 e. The number of aliphatic hydroxyl groups is 1. The van der Waals surface area contributed by atoms with Crippen molar-refractivity contribution in [3.05, 3.63) is 53.9 Å². The number of ether oxygens (including phenoxy) is 3. The number of nitrogens with zero attached hydrogens (tertiary/aromatic N) is 1.